The van der Waals surface area contributed by atoms with E-state index < -0.39 is 0 Å². The number of rotatable bonds is 3. The molecule has 2 heteroatoms. The molecule has 2 aromatic carbocycles. The zero-order valence-corrected chi connectivity index (χ0v) is 13.5. The molecule has 0 aliphatic rings. The molecule has 1 heterocycles. The van der Waals surface area contributed by atoms with Crippen LogP contribution in [-0.4, -0.2) is 9.55 Å². The minimum Gasteiger partial charge on any atom is -0.320 e. The number of nitrogens with zero attached hydrogens (tertiary/aromatic N) is 2. The summed E-state index contributed by atoms with van der Waals surface area (Å²) in [7, 11) is 0. The molecule has 0 fully saturated rings. The second kappa shape index (κ2) is 5.45. The number of aromatic nitrogens is 2. The van der Waals surface area contributed by atoms with Crippen LogP contribution in [0, 0.1) is 0 Å². The zero-order valence-electron chi connectivity index (χ0n) is 13.5. The summed E-state index contributed by atoms with van der Waals surface area (Å²) in [5.74, 6) is 1.00. The summed E-state index contributed by atoms with van der Waals surface area (Å²) in [6.45, 7) is 11.3. The largest absolute Gasteiger partial charge is 0.320 e. The van der Waals surface area contributed by atoms with Gasteiger partial charge in [-0.25, -0.2) is 4.98 Å². The average Bonchev–Trinajstić information content (AvgIpc) is 2.86. The Kier molecular flexibility index (Phi) is 3.61. The van der Waals surface area contributed by atoms with Crippen LogP contribution in [-0.2, 0) is 12.0 Å². The van der Waals surface area contributed by atoms with Gasteiger partial charge in [0.05, 0.1) is 11.0 Å². The first-order valence-electron chi connectivity index (χ1n) is 7.68. The summed E-state index contributed by atoms with van der Waals surface area (Å²) in [6, 6.07) is 17.0. The van der Waals surface area contributed by atoms with Gasteiger partial charge in [0.15, 0.2) is 0 Å². The van der Waals surface area contributed by atoms with E-state index in [1.54, 1.807) is 0 Å². The SMILES string of the molecule is C=CCn1c(-c2ccc(C(C)(C)C)cc2)nc2ccccc21. The van der Waals surface area contributed by atoms with Crippen molar-refractivity contribution >= 4 is 11.0 Å². The lowest BCUT2D eigenvalue weighted by Gasteiger charge is -2.19. The first-order valence-corrected chi connectivity index (χ1v) is 7.68. The van der Waals surface area contributed by atoms with Gasteiger partial charge < -0.3 is 4.57 Å². The molecule has 0 saturated heterocycles. The van der Waals surface area contributed by atoms with Gasteiger partial charge in [0.1, 0.15) is 5.82 Å². The van der Waals surface area contributed by atoms with Gasteiger partial charge in [-0.1, -0.05) is 63.2 Å². The summed E-state index contributed by atoms with van der Waals surface area (Å²) in [4.78, 5) is 4.81. The Morgan fingerprint density at radius 3 is 2.36 bits per heavy atom. The van der Waals surface area contributed by atoms with Crippen molar-refractivity contribution in [3.8, 4) is 11.4 Å². The molecule has 0 N–H and O–H groups in total. The number of benzene rings is 2. The van der Waals surface area contributed by atoms with E-state index >= 15 is 0 Å². The Morgan fingerprint density at radius 1 is 1.05 bits per heavy atom. The Balaban J connectivity index is 2.13. The summed E-state index contributed by atoms with van der Waals surface area (Å²) in [5.41, 5.74) is 4.82. The van der Waals surface area contributed by atoms with E-state index in [1.807, 2.05) is 12.1 Å². The molecule has 0 unspecified atom stereocenters. The Labute approximate surface area is 132 Å². The van der Waals surface area contributed by atoms with Crippen molar-refractivity contribution in [2.45, 2.75) is 32.7 Å². The Morgan fingerprint density at radius 2 is 1.73 bits per heavy atom. The molecule has 0 amide bonds. The molecule has 112 valence electrons. The molecule has 0 saturated carbocycles. The molecular formula is C20H22N2. The number of para-hydroxylation sites is 2. The third kappa shape index (κ3) is 2.57. The van der Waals surface area contributed by atoms with Crippen LogP contribution in [0.15, 0.2) is 61.2 Å². The summed E-state index contributed by atoms with van der Waals surface area (Å²) >= 11 is 0. The lowest BCUT2D eigenvalue weighted by atomic mass is 9.87. The van der Waals surface area contributed by atoms with Crippen LogP contribution in [0.25, 0.3) is 22.4 Å². The molecule has 0 radical (unpaired) electrons. The van der Waals surface area contributed by atoms with Crippen LogP contribution >= 0.6 is 0 Å². The maximum Gasteiger partial charge on any atom is 0.141 e. The van der Waals surface area contributed by atoms with Crippen LogP contribution in [0.3, 0.4) is 0 Å². The predicted octanol–water partition coefficient (Wildman–Crippen LogP) is 5.19. The fraction of sp³-hybridized carbons (Fsp3) is 0.250. The van der Waals surface area contributed by atoms with Gasteiger partial charge in [-0.05, 0) is 23.1 Å². The number of fused-ring (bicyclic) bond motifs is 1. The molecule has 1 aromatic heterocycles. The van der Waals surface area contributed by atoms with Crippen molar-refractivity contribution in [2.24, 2.45) is 0 Å². The Hall–Kier alpha value is -2.35. The molecule has 0 aliphatic heterocycles. The number of hydrogen-bond acceptors (Lipinski definition) is 1. The normalized spacial score (nSPS) is 11.8. The first-order chi connectivity index (χ1) is 10.5. The second-order valence-corrected chi connectivity index (χ2v) is 6.65. The standard InChI is InChI=1S/C20H22N2/c1-5-14-22-18-9-7-6-8-17(18)21-19(22)15-10-12-16(13-11-15)20(2,3)4/h5-13H,1,14H2,2-4H3. The monoisotopic (exact) mass is 290 g/mol. The number of imidazole rings is 1. The van der Waals surface area contributed by atoms with Gasteiger partial charge in [0.2, 0.25) is 0 Å². The fourth-order valence-electron chi connectivity index (χ4n) is 2.73. The average molecular weight is 290 g/mol. The van der Waals surface area contributed by atoms with Crippen molar-refractivity contribution < 1.29 is 0 Å². The van der Waals surface area contributed by atoms with Gasteiger partial charge in [-0.3, -0.25) is 0 Å². The maximum atomic E-state index is 4.81. The van der Waals surface area contributed by atoms with E-state index in [0.29, 0.717) is 0 Å². The minimum atomic E-state index is 0.166. The number of allylic oxidation sites excluding steroid dienone is 1. The van der Waals surface area contributed by atoms with Crippen LogP contribution in [0.4, 0.5) is 0 Å². The third-order valence-corrected chi connectivity index (χ3v) is 3.98. The second-order valence-electron chi connectivity index (χ2n) is 6.65. The molecule has 3 rings (SSSR count). The highest BCUT2D eigenvalue weighted by Gasteiger charge is 2.15. The summed E-state index contributed by atoms with van der Waals surface area (Å²) in [6.07, 6.45) is 1.92. The Bertz CT molecular complexity index is 802. The van der Waals surface area contributed by atoms with Crippen LogP contribution in [0.1, 0.15) is 26.3 Å². The minimum absolute atomic E-state index is 0.166. The van der Waals surface area contributed by atoms with E-state index in [-0.39, 0.29) is 5.41 Å². The lowest BCUT2D eigenvalue weighted by molar-refractivity contribution is 0.590. The molecule has 2 nitrogen and oxygen atoms in total. The summed E-state index contributed by atoms with van der Waals surface area (Å²) in [5, 5.41) is 0. The molecule has 0 aliphatic carbocycles. The van der Waals surface area contributed by atoms with E-state index in [9.17, 15) is 0 Å². The summed E-state index contributed by atoms with van der Waals surface area (Å²) < 4.78 is 2.22. The van der Waals surface area contributed by atoms with Crippen LogP contribution in [0.5, 0.6) is 0 Å². The van der Waals surface area contributed by atoms with Crippen molar-refractivity contribution in [1.82, 2.24) is 9.55 Å². The lowest BCUT2D eigenvalue weighted by Crippen LogP contribution is -2.10. The topological polar surface area (TPSA) is 17.8 Å². The van der Waals surface area contributed by atoms with Crippen LogP contribution in [0.2, 0.25) is 0 Å². The van der Waals surface area contributed by atoms with Crippen molar-refractivity contribution in [3.05, 3.63) is 66.7 Å². The van der Waals surface area contributed by atoms with Gasteiger partial charge in [0, 0.05) is 12.1 Å². The molecule has 0 atom stereocenters. The van der Waals surface area contributed by atoms with Gasteiger partial charge in [0.25, 0.3) is 0 Å². The first kappa shape index (κ1) is 14.6. The quantitative estimate of drug-likeness (QED) is 0.607. The van der Waals surface area contributed by atoms with Crippen molar-refractivity contribution in [1.29, 1.82) is 0 Å². The highest BCUT2D eigenvalue weighted by molar-refractivity contribution is 5.80. The predicted molar refractivity (Wildman–Crippen MR) is 94.1 cm³/mol. The third-order valence-electron chi connectivity index (χ3n) is 3.98. The highest BCUT2D eigenvalue weighted by Crippen LogP contribution is 2.28. The maximum absolute atomic E-state index is 4.81. The van der Waals surface area contributed by atoms with E-state index in [2.05, 4.69) is 74.4 Å². The molecular weight excluding hydrogens is 268 g/mol. The molecule has 0 bridgehead atoms. The van der Waals surface area contributed by atoms with E-state index in [4.69, 9.17) is 4.98 Å². The molecule has 3 aromatic rings. The smallest absolute Gasteiger partial charge is 0.141 e. The van der Waals surface area contributed by atoms with Crippen molar-refractivity contribution in [2.75, 3.05) is 0 Å². The van der Waals surface area contributed by atoms with Crippen molar-refractivity contribution in [3.63, 3.8) is 0 Å². The van der Waals surface area contributed by atoms with Gasteiger partial charge >= 0.3 is 0 Å². The zero-order chi connectivity index (χ0) is 15.7. The van der Waals surface area contributed by atoms with Gasteiger partial charge in [-0.2, -0.15) is 0 Å². The number of hydrogen-bond donors (Lipinski definition) is 0. The van der Waals surface area contributed by atoms with E-state index in [1.165, 1.54) is 5.56 Å². The molecule has 22 heavy (non-hydrogen) atoms. The van der Waals surface area contributed by atoms with Crippen LogP contribution < -0.4 is 0 Å². The van der Waals surface area contributed by atoms with Gasteiger partial charge in [-0.15, -0.1) is 6.58 Å². The fourth-order valence-corrected chi connectivity index (χ4v) is 2.73. The van der Waals surface area contributed by atoms with E-state index in [0.717, 1.165) is 29.0 Å². The molecule has 0 spiro atoms. The highest BCUT2D eigenvalue weighted by atomic mass is 15.1.